The fourth-order valence-corrected chi connectivity index (χ4v) is 2.73. The zero-order valence-electron chi connectivity index (χ0n) is 13.2. The average molecular weight is 308 g/mol. The van der Waals surface area contributed by atoms with Gasteiger partial charge >= 0.3 is 5.69 Å². The molecule has 3 aromatic rings. The molecule has 0 aliphatic heterocycles. The van der Waals surface area contributed by atoms with Crippen LogP contribution in [0.3, 0.4) is 0 Å². The van der Waals surface area contributed by atoms with Crippen molar-refractivity contribution in [3.8, 4) is 0 Å². The van der Waals surface area contributed by atoms with E-state index in [0.29, 0.717) is 20.3 Å². The quantitative estimate of drug-likeness (QED) is 0.540. The zero-order valence-corrected chi connectivity index (χ0v) is 13.2. The number of aromatic nitrogens is 2. The summed E-state index contributed by atoms with van der Waals surface area (Å²) in [5.41, 5.74) is 2.45. The van der Waals surface area contributed by atoms with Crippen LogP contribution in [0.1, 0.15) is 32.9 Å². The van der Waals surface area contributed by atoms with Crippen molar-refractivity contribution in [3.63, 3.8) is 0 Å². The van der Waals surface area contributed by atoms with Gasteiger partial charge in [-0.3, -0.25) is 4.79 Å². The summed E-state index contributed by atoms with van der Waals surface area (Å²) >= 11 is 0. The van der Waals surface area contributed by atoms with Gasteiger partial charge in [-0.25, -0.2) is 0 Å². The van der Waals surface area contributed by atoms with Crippen LogP contribution in [-0.4, -0.2) is 10.5 Å². The van der Waals surface area contributed by atoms with Gasteiger partial charge in [-0.2, -0.15) is 0 Å². The van der Waals surface area contributed by atoms with Crippen molar-refractivity contribution in [3.05, 3.63) is 80.7 Å². The van der Waals surface area contributed by atoms with Crippen LogP contribution in [0.15, 0.2) is 42.5 Å². The number of carbonyl (C=O) groups is 1. The van der Waals surface area contributed by atoms with Gasteiger partial charge in [0, 0.05) is 16.0 Å². The first-order valence-corrected chi connectivity index (χ1v) is 7.29. The second-order valence-electron chi connectivity index (χ2n) is 5.59. The predicted octanol–water partition coefficient (Wildman–Crippen LogP) is 3.06. The van der Waals surface area contributed by atoms with Crippen LogP contribution in [0, 0.1) is 30.9 Å². The molecule has 5 nitrogen and oxygen atoms in total. The molecule has 23 heavy (non-hydrogen) atoms. The number of carbonyl (C=O) groups excluding carboxylic acids is 1. The van der Waals surface area contributed by atoms with Crippen LogP contribution >= 0.6 is 0 Å². The Morgan fingerprint density at radius 1 is 1.04 bits per heavy atom. The fourth-order valence-electron chi connectivity index (χ4n) is 2.73. The summed E-state index contributed by atoms with van der Waals surface area (Å²) in [5.74, 6) is -0.453. The van der Waals surface area contributed by atoms with E-state index in [4.69, 9.17) is 0 Å². The second kappa shape index (κ2) is 5.35. The summed E-state index contributed by atoms with van der Waals surface area (Å²) in [6.45, 7) is 5.13. The van der Waals surface area contributed by atoms with Crippen molar-refractivity contribution >= 4 is 16.8 Å². The molecule has 0 aliphatic carbocycles. The number of benzene rings is 2. The Balaban J connectivity index is 2.41. The van der Waals surface area contributed by atoms with Crippen molar-refractivity contribution in [2.75, 3.05) is 0 Å². The van der Waals surface area contributed by atoms with Crippen LogP contribution in [0.2, 0.25) is 0 Å². The average Bonchev–Trinajstić information content (AvgIpc) is 2.56. The van der Waals surface area contributed by atoms with Crippen molar-refractivity contribution < 1.29 is 9.22 Å². The standard InChI is InChI=1S/C18H16N2O3/c1-11-9-10-15-16(12(11)2)20(23)17(13(3)19(15)22)18(21)14-7-5-4-6-8-14/h4-10H,1-3H3. The summed E-state index contributed by atoms with van der Waals surface area (Å²) in [4.78, 5) is 25.5. The highest BCUT2D eigenvalue weighted by atomic mass is 16.5. The second-order valence-corrected chi connectivity index (χ2v) is 5.59. The minimum atomic E-state index is -0.453. The number of hydrogen-bond acceptors (Lipinski definition) is 3. The lowest BCUT2D eigenvalue weighted by Gasteiger charge is -2.17. The number of fused-ring (bicyclic) bond motifs is 1. The van der Waals surface area contributed by atoms with Crippen LogP contribution < -0.4 is 4.43 Å². The summed E-state index contributed by atoms with van der Waals surface area (Å²) in [6.07, 6.45) is 0. The minimum Gasteiger partial charge on any atom is -0.805 e. The maximum atomic E-state index is 12.8. The van der Waals surface area contributed by atoms with Crippen molar-refractivity contribution in [1.82, 2.24) is 4.73 Å². The molecule has 0 radical (unpaired) electrons. The lowest BCUT2D eigenvalue weighted by atomic mass is 10.0. The predicted molar refractivity (Wildman–Crippen MR) is 88.2 cm³/mol. The third-order valence-corrected chi connectivity index (χ3v) is 4.20. The highest BCUT2D eigenvalue weighted by molar-refractivity contribution is 6.07. The highest BCUT2D eigenvalue weighted by Crippen LogP contribution is 2.21. The summed E-state index contributed by atoms with van der Waals surface area (Å²) in [5, 5.41) is 12.5. The number of rotatable bonds is 2. The van der Waals surface area contributed by atoms with Gasteiger partial charge in [-0.05, 0) is 32.4 Å². The Labute approximate surface area is 133 Å². The zero-order chi connectivity index (χ0) is 16.7. The minimum absolute atomic E-state index is 0.101. The monoisotopic (exact) mass is 308 g/mol. The van der Waals surface area contributed by atoms with E-state index in [1.54, 1.807) is 49.4 Å². The third-order valence-electron chi connectivity index (χ3n) is 4.20. The van der Waals surface area contributed by atoms with Crippen LogP contribution in [0.4, 0.5) is 0 Å². The summed E-state index contributed by atoms with van der Waals surface area (Å²) in [7, 11) is 0. The number of nitrogens with zero attached hydrogens (tertiary/aromatic N) is 2. The SMILES string of the molecule is Cc1ccc2c(c1C)[n+](=O)c(C(=O)c1ccccc1)c(C)n2[O-]. The van der Waals surface area contributed by atoms with Gasteiger partial charge in [0.1, 0.15) is 5.52 Å². The molecule has 1 heterocycles. The van der Waals surface area contributed by atoms with E-state index in [-0.39, 0.29) is 22.4 Å². The first kappa shape index (κ1) is 15.0. The van der Waals surface area contributed by atoms with Gasteiger partial charge in [0.2, 0.25) is 0 Å². The topological polar surface area (TPSA) is 68.0 Å². The van der Waals surface area contributed by atoms with Crippen molar-refractivity contribution in [2.45, 2.75) is 20.8 Å². The molecule has 116 valence electrons. The van der Waals surface area contributed by atoms with Gasteiger partial charge in [0.25, 0.3) is 11.3 Å². The van der Waals surface area contributed by atoms with Gasteiger partial charge in [-0.1, -0.05) is 36.4 Å². The van der Waals surface area contributed by atoms with E-state index < -0.39 is 5.78 Å². The Hall–Kier alpha value is -2.95. The molecule has 5 heteroatoms. The van der Waals surface area contributed by atoms with Crippen LogP contribution in [0.25, 0.3) is 11.0 Å². The van der Waals surface area contributed by atoms with E-state index in [1.807, 2.05) is 6.92 Å². The summed E-state index contributed by atoms with van der Waals surface area (Å²) < 4.78 is 1.25. The maximum Gasteiger partial charge on any atom is 0.329 e. The molecule has 0 saturated heterocycles. The smallest absolute Gasteiger partial charge is 0.329 e. The highest BCUT2D eigenvalue weighted by Gasteiger charge is 2.29. The Morgan fingerprint density at radius 2 is 1.70 bits per heavy atom. The Kier molecular flexibility index (Phi) is 3.48. The molecule has 0 amide bonds. The van der Waals surface area contributed by atoms with E-state index in [9.17, 15) is 14.9 Å². The maximum absolute atomic E-state index is 12.8. The molecule has 0 atom stereocenters. The van der Waals surface area contributed by atoms with Gasteiger partial charge in [-0.15, -0.1) is 0 Å². The van der Waals surface area contributed by atoms with E-state index in [0.717, 1.165) is 5.56 Å². The molecule has 0 N–H and O–H groups in total. The number of ketones is 1. The first-order chi connectivity index (χ1) is 10.9. The molecule has 1 aromatic heterocycles. The molecule has 0 aliphatic rings. The lowest BCUT2D eigenvalue weighted by Crippen LogP contribution is -2.31. The number of hydrogen-bond donors (Lipinski definition) is 0. The lowest BCUT2D eigenvalue weighted by molar-refractivity contribution is -0.468. The van der Waals surface area contributed by atoms with Gasteiger partial charge in [0.05, 0.1) is 10.1 Å². The number of aryl methyl sites for hydroxylation is 2. The molecule has 2 aromatic carbocycles. The van der Waals surface area contributed by atoms with E-state index >= 15 is 0 Å². The Morgan fingerprint density at radius 3 is 2.35 bits per heavy atom. The first-order valence-electron chi connectivity index (χ1n) is 7.29. The fraction of sp³-hybridized carbons (Fsp3) is 0.167. The molecule has 0 spiro atoms. The molecule has 0 saturated carbocycles. The van der Waals surface area contributed by atoms with Crippen molar-refractivity contribution in [1.29, 1.82) is 0 Å². The van der Waals surface area contributed by atoms with Crippen molar-refractivity contribution in [2.24, 2.45) is 0 Å². The summed E-state index contributed by atoms with van der Waals surface area (Å²) in [6, 6.07) is 11.9. The molecule has 0 fully saturated rings. The van der Waals surface area contributed by atoms with E-state index in [2.05, 4.69) is 0 Å². The van der Waals surface area contributed by atoms with Gasteiger partial charge in [0.15, 0.2) is 0 Å². The molecule has 0 unspecified atom stereocenters. The normalized spacial score (nSPS) is 10.9. The molecule has 0 bridgehead atoms. The largest absolute Gasteiger partial charge is 0.805 e. The van der Waals surface area contributed by atoms with E-state index in [1.165, 1.54) is 6.92 Å². The van der Waals surface area contributed by atoms with Gasteiger partial charge < -0.3 is 9.94 Å². The Bertz CT molecular complexity index is 989. The molecular weight excluding hydrogens is 292 g/mol. The molecular formula is C18H16N2O3. The molecule has 3 rings (SSSR count). The third kappa shape index (κ3) is 2.21. The van der Waals surface area contributed by atoms with Crippen LogP contribution in [0.5, 0.6) is 0 Å². The van der Waals surface area contributed by atoms with Crippen LogP contribution in [-0.2, 0) is 0 Å².